The van der Waals surface area contributed by atoms with E-state index in [9.17, 15) is 27.7 Å². The van der Waals surface area contributed by atoms with E-state index >= 15 is 0 Å². The Balaban J connectivity index is 2.10. The SMILES string of the molecule is Cc1noc([C@H]2C[C@]2(c2ccc(F)cc2)C(F)(F)F)c1[N+](=O)[O-]. The first-order valence-corrected chi connectivity index (χ1v) is 6.62. The van der Waals surface area contributed by atoms with Crippen LogP contribution >= 0.6 is 0 Å². The average molecular weight is 330 g/mol. The van der Waals surface area contributed by atoms with Gasteiger partial charge in [0.05, 0.1) is 4.92 Å². The second-order valence-corrected chi connectivity index (χ2v) is 5.47. The predicted octanol–water partition coefficient (Wildman–Crippen LogP) is 4.02. The largest absolute Gasteiger partial charge is 0.399 e. The molecule has 3 rings (SSSR count). The van der Waals surface area contributed by atoms with Crippen LogP contribution in [0.15, 0.2) is 28.8 Å². The zero-order valence-electron chi connectivity index (χ0n) is 11.7. The van der Waals surface area contributed by atoms with E-state index < -0.39 is 46.1 Å². The fourth-order valence-corrected chi connectivity index (χ4v) is 2.96. The minimum Gasteiger partial charge on any atom is -0.353 e. The summed E-state index contributed by atoms with van der Waals surface area (Å²) in [6.45, 7) is 1.29. The van der Waals surface area contributed by atoms with E-state index in [1.54, 1.807) is 0 Å². The highest BCUT2D eigenvalue weighted by Gasteiger charge is 2.74. The Bertz CT molecular complexity index is 769. The lowest BCUT2D eigenvalue weighted by molar-refractivity contribution is -0.386. The molecule has 5 nitrogen and oxygen atoms in total. The van der Waals surface area contributed by atoms with Crippen LogP contribution in [0.25, 0.3) is 0 Å². The third kappa shape index (κ3) is 2.18. The third-order valence-electron chi connectivity index (χ3n) is 4.18. The van der Waals surface area contributed by atoms with E-state index in [-0.39, 0.29) is 11.3 Å². The topological polar surface area (TPSA) is 69.2 Å². The van der Waals surface area contributed by atoms with Crippen LogP contribution in [0, 0.1) is 22.9 Å². The number of benzene rings is 1. The van der Waals surface area contributed by atoms with Crippen LogP contribution in [0.5, 0.6) is 0 Å². The summed E-state index contributed by atoms with van der Waals surface area (Å²) in [5, 5.41) is 14.5. The average Bonchev–Trinajstić information content (AvgIpc) is 3.10. The highest BCUT2D eigenvalue weighted by atomic mass is 19.4. The molecule has 1 heterocycles. The minimum atomic E-state index is -4.66. The highest BCUT2D eigenvalue weighted by Crippen LogP contribution is 2.69. The van der Waals surface area contributed by atoms with Crippen molar-refractivity contribution >= 4 is 5.69 Å². The lowest BCUT2D eigenvalue weighted by Gasteiger charge is -2.21. The van der Waals surface area contributed by atoms with E-state index in [1.807, 2.05) is 0 Å². The van der Waals surface area contributed by atoms with Gasteiger partial charge in [-0.2, -0.15) is 13.2 Å². The Morgan fingerprint density at radius 2 is 1.96 bits per heavy atom. The molecule has 0 saturated heterocycles. The van der Waals surface area contributed by atoms with Crippen LogP contribution in [0.2, 0.25) is 0 Å². The lowest BCUT2D eigenvalue weighted by atomic mass is 9.91. The van der Waals surface area contributed by atoms with Crippen LogP contribution in [-0.4, -0.2) is 16.3 Å². The van der Waals surface area contributed by atoms with E-state index in [4.69, 9.17) is 4.52 Å². The van der Waals surface area contributed by atoms with Crippen molar-refractivity contribution in [2.45, 2.75) is 30.9 Å². The van der Waals surface area contributed by atoms with Gasteiger partial charge in [0.1, 0.15) is 11.2 Å². The second-order valence-electron chi connectivity index (χ2n) is 5.47. The van der Waals surface area contributed by atoms with Gasteiger partial charge in [0, 0.05) is 5.92 Å². The second kappa shape index (κ2) is 4.77. The standard InChI is InChI=1S/C14H10F4N2O3/c1-7-11(20(21)22)12(23-19-7)10-6-13(10,14(16,17)18)8-2-4-9(15)5-3-8/h2-5,10H,6H2,1H3/t10-,13-/m1/s1. The Morgan fingerprint density at radius 3 is 2.48 bits per heavy atom. The van der Waals surface area contributed by atoms with Gasteiger partial charge in [-0.25, -0.2) is 4.39 Å². The molecular weight excluding hydrogens is 320 g/mol. The molecule has 9 heteroatoms. The van der Waals surface area contributed by atoms with Crippen molar-refractivity contribution in [1.82, 2.24) is 5.16 Å². The van der Waals surface area contributed by atoms with Crippen molar-refractivity contribution in [1.29, 1.82) is 0 Å². The molecule has 0 bridgehead atoms. The molecule has 0 N–H and O–H groups in total. The van der Waals surface area contributed by atoms with Gasteiger partial charge in [-0.05, 0) is 31.0 Å². The fraction of sp³-hybridized carbons (Fsp3) is 0.357. The fourth-order valence-electron chi connectivity index (χ4n) is 2.96. The van der Waals surface area contributed by atoms with Crippen molar-refractivity contribution in [3.63, 3.8) is 0 Å². The summed E-state index contributed by atoms with van der Waals surface area (Å²) in [5.41, 5.74) is -3.09. The maximum atomic E-state index is 13.6. The zero-order chi connectivity index (χ0) is 17.0. The van der Waals surface area contributed by atoms with Crippen LogP contribution in [0.3, 0.4) is 0 Å². The summed E-state index contributed by atoms with van der Waals surface area (Å²) in [6, 6.07) is 3.94. The smallest absolute Gasteiger partial charge is 0.353 e. The number of alkyl halides is 3. The van der Waals surface area contributed by atoms with Gasteiger partial charge < -0.3 is 4.52 Å². The molecule has 2 aromatic rings. The van der Waals surface area contributed by atoms with E-state index in [0.717, 1.165) is 24.3 Å². The van der Waals surface area contributed by atoms with E-state index in [1.165, 1.54) is 6.92 Å². The quantitative estimate of drug-likeness (QED) is 0.484. The Morgan fingerprint density at radius 1 is 1.35 bits per heavy atom. The molecule has 1 saturated carbocycles. The van der Waals surface area contributed by atoms with Crippen molar-refractivity contribution in [2.24, 2.45) is 0 Å². The molecule has 122 valence electrons. The number of aromatic nitrogens is 1. The van der Waals surface area contributed by atoms with Crippen molar-refractivity contribution in [3.8, 4) is 0 Å². The lowest BCUT2D eigenvalue weighted by Crippen LogP contribution is -2.30. The number of halogens is 4. The van der Waals surface area contributed by atoms with Gasteiger partial charge in [-0.15, -0.1) is 0 Å². The Kier molecular flexibility index (Phi) is 3.20. The molecule has 23 heavy (non-hydrogen) atoms. The molecule has 0 spiro atoms. The molecule has 0 unspecified atom stereocenters. The molecule has 2 atom stereocenters. The van der Waals surface area contributed by atoms with Crippen LogP contribution in [0.1, 0.15) is 29.4 Å². The molecule has 1 aromatic heterocycles. The first kappa shape index (κ1) is 15.4. The highest BCUT2D eigenvalue weighted by molar-refractivity contribution is 5.50. The summed E-state index contributed by atoms with van der Waals surface area (Å²) in [6.07, 6.45) is -5.07. The third-order valence-corrected chi connectivity index (χ3v) is 4.18. The predicted molar refractivity (Wildman–Crippen MR) is 69.4 cm³/mol. The number of nitro groups is 1. The molecule has 1 aliphatic rings. The van der Waals surface area contributed by atoms with Gasteiger partial charge in [0.2, 0.25) is 5.76 Å². The van der Waals surface area contributed by atoms with Crippen molar-refractivity contribution < 1.29 is 27.0 Å². The monoisotopic (exact) mass is 330 g/mol. The first-order chi connectivity index (χ1) is 10.7. The van der Waals surface area contributed by atoms with Crippen LogP contribution in [-0.2, 0) is 5.41 Å². The van der Waals surface area contributed by atoms with Gasteiger partial charge in [0.15, 0.2) is 5.69 Å². The Labute approximate surface area is 127 Å². The van der Waals surface area contributed by atoms with Crippen molar-refractivity contribution in [3.05, 3.63) is 57.2 Å². The minimum absolute atomic E-state index is 0.0768. The molecular formula is C14H10F4N2O3. The molecule has 0 amide bonds. The maximum Gasteiger partial charge on any atom is 0.399 e. The normalized spacial score (nSPS) is 23.8. The summed E-state index contributed by atoms with van der Waals surface area (Å²) in [4.78, 5) is 10.3. The summed E-state index contributed by atoms with van der Waals surface area (Å²) < 4.78 is 58.7. The number of hydrogen-bond donors (Lipinski definition) is 0. The van der Waals surface area contributed by atoms with E-state index in [0.29, 0.717) is 0 Å². The number of rotatable bonds is 3. The zero-order valence-corrected chi connectivity index (χ0v) is 11.7. The maximum absolute atomic E-state index is 13.6. The van der Waals surface area contributed by atoms with Crippen LogP contribution in [0.4, 0.5) is 23.2 Å². The number of hydrogen-bond acceptors (Lipinski definition) is 4. The molecule has 0 radical (unpaired) electrons. The summed E-state index contributed by atoms with van der Waals surface area (Å²) in [7, 11) is 0. The molecule has 0 aliphatic heterocycles. The molecule has 1 aliphatic carbocycles. The first-order valence-electron chi connectivity index (χ1n) is 6.62. The van der Waals surface area contributed by atoms with Gasteiger partial charge in [-0.3, -0.25) is 10.1 Å². The van der Waals surface area contributed by atoms with E-state index in [2.05, 4.69) is 5.16 Å². The van der Waals surface area contributed by atoms with Gasteiger partial charge in [-0.1, -0.05) is 17.3 Å². The summed E-state index contributed by atoms with van der Waals surface area (Å²) >= 11 is 0. The van der Waals surface area contributed by atoms with Gasteiger partial charge in [0.25, 0.3) is 0 Å². The number of aryl methyl sites for hydroxylation is 1. The van der Waals surface area contributed by atoms with Crippen molar-refractivity contribution in [2.75, 3.05) is 0 Å². The summed E-state index contributed by atoms with van der Waals surface area (Å²) in [5.74, 6) is -2.31. The van der Waals surface area contributed by atoms with Crippen LogP contribution < -0.4 is 0 Å². The van der Waals surface area contributed by atoms with Gasteiger partial charge >= 0.3 is 11.9 Å². The molecule has 1 aromatic carbocycles. The Hall–Kier alpha value is -2.45. The number of nitrogens with zero attached hydrogens (tertiary/aromatic N) is 2. The molecule has 1 fully saturated rings.